The molecule has 0 N–H and O–H groups in total. The molecule has 7 heteroatoms. The first-order valence-electron chi connectivity index (χ1n) is 40.8. The molecule has 0 fully saturated rings. The predicted octanol–water partition coefficient (Wildman–Crippen LogP) is 26.7. The zero-order chi connectivity index (χ0) is 78.9. The van der Waals surface area contributed by atoms with Crippen LogP contribution in [0.2, 0.25) is 0 Å². The summed E-state index contributed by atoms with van der Waals surface area (Å²) in [6.45, 7) is 4.12. The molecule has 4 aliphatic rings. The highest BCUT2D eigenvalue weighted by Crippen LogP contribution is 2.67. The molecule has 2 spiro atoms. The lowest BCUT2D eigenvalue weighted by molar-refractivity contribution is 0.794. The summed E-state index contributed by atoms with van der Waals surface area (Å²) in [7, 11) is 0. The minimum Gasteiger partial charge on any atom is -0.264 e. The maximum Gasteiger partial charge on any atom is 0.164 e. The second kappa shape index (κ2) is 27.7. The molecule has 15 aromatic carbocycles. The molecule has 119 heavy (non-hydrogen) atoms. The van der Waals surface area contributed by atoms with E-state index in [-0.39, 0.29) is 0 Å². The number of aryl methyl sites for hydroxylation is 2. The topological polar surface area (TPSA) is 90.2 Å². The molecule has 0 saturated heterocycles. The monoisotopic (exact) mass is 1520 g/mol. The Bertz CT molecular complexity index is 7280. The fraction of sp³-hybridized carbons (Fsp3) is 0.0446. The molecule has 0 amide bonds. The van der Waals surface area contributed by atoms with Crippen LogP contribution in [0.25, 0.3) is 168 Å². The lowest BCUT2D eigenvalue weighted by Gasteiger charge is -2.31. The molecule has 556 valence electrons. The third-order valence-corrected chi connectivity index (χ3v) is 25.1. The third kappa shape index (κ3) is 11.0. The first-order valence-corrected chi connectivity index (χ1v) is 40.8. The van der Waals surface area contributed by atoms with E-state index < -0.39 is 10.8 Å². The molecule has 0 bridgehead atoms. The molecule has 4 aliphatic carbocycles. The van der Waals surface area contributed by atoms with Gasteiger partial charge in [0.15, 0.2) is 17.5 Å². The van der Waals surface area contributed by atoms with Crippen molar-refractivity contribution in [2.45, 2.75) is 31.1 Å². The molecule has 7 nitrogen and oxygen atoms in total. The van der Waals surface area contributed by atoms with E-state index in [2.05, 4.69) is 389 Å². The number of nitrogens with zero attached hydrogens (tertiary/aromatic N) is 7. The van der Waals surface area contributed by atoms with Crippen molar-refractivity contribution in [3.63, 3.8) is 0 Å². The van der Waals surface area contributed by atoms with Crippen LogP contribution in [0.3, 0.4) is 0 Å². The molecule has 4 aromatic heterocycles. The van der Waals surface area contributed by atoms with Crippen molar-refractivity contribution in [2.75, 3.05) is 0 Å². The number of aromatic nitrogens is 7. The molecule has 0 saturated carbocycles. The van der Waals surface area contributed by atoms with E-state index in [0.29, 0.717) is 29.7 Å². The second-order valence-corrected chi connectivity index (χ2v) is 31.8. The number of hydrogen-bond acceptors (Lipinski definition) is 7. The lowest BCUT2D eigenvalue weighted by Crippen LogP contribution is -2.26. The minimum absolute atomic E-state index is 0.562. The van der Waals surface area contributed by atoms with Crippen LogP contribution >= 0.6 is 0 Å². The smallest absolute Gasteiger partial charge is 0.164 e. The van der Waals surface area contributed by atoms with Crippen LogP contribution in [0.4, 0.5) is 0 Å². The standard InChI is InChI=1S/C112H73N7/c1-69-54-57-114-103(58-69)78-35-26-34-75(62-78)76-52-53-91-101(65-76)112(97-48-23-18-41-87(97)88-42-19-24-49-98(88)112)100-51-27-45-92(106(91)100)105-67-104(74-32-10-5-11-33-74)117-108(118-105)81-61-71(60-79(63-81)72-28-6-3-7-29-72)59-77-55-56-113-68-94(77)84-38-14-12-37-83(84)80-64-93(110-116-70(2)115-109(119-110)89-43-15-13-36-82(89)73-30-8-4-9-31-73)107-90-44-20-25-50-99(90)111(102(107)66-80)95-46-21-16-39-85(95)86-40-17-22-47-96(86)111/h3-58,60-68H,59H2,1-2H3. The predicted molar refractivity (Wildman–Crippen MR) is 482 cm³/mol. The molecule has 23 rings (SSSR count). The van der Waals surface area contributed by atoms with Gasteiger partial charge in [-0.05, 0) is 237 Å². The van der Waals surface area contributed by atoms with E-state index in [1.54, 1.807) is 0 Å². The van der Waals surface area contributed by atoms with Crippen LogP contribution in [-0.2, 0) is 17.3 Å². The molecule has 0 aliphatic heterocycles. The van der Waals surface area contributed by atoms with Gasteiger partial charge in [-0.15, -0.1) is 0 Å². The van der Waals surface area contributed by atoms with Crippen LogP contribution in [0.15, 0.2) is 395 Å². The molecule has 0 atom stereocenters. The quantitative estimate of drug-likeness (QED) is 0.114. The van der Waals surface area contributed by atoms with Gasteiger partial charge in [0, 0.05) is 57.5 Å². The lowest BCUT2D eigenvalue weighted by atomic mass is 9.70. The van der Waals surface area contributed by atoms with Gasteiger partial charge in [-0.25, -0.2) is 24.9 Å². The van der Waals surface area contributed by atoms with Crippen molar-refractivity contribution in [3.8, 4) is 168 Å². The Balaban J connectivity index is 0.691. The fourth-order valence-corrected chi connectivity index (χ4v) is 20.2. The summed E-state index contributed by atoms with van der Waals surface area (Å²) in [6.07, 6.45) is 6.46. The molecule has 4 heterocycles. The van der Waals surface area contributed by atoms with Crippen LogP contribution < -0.4 is 0 Å². The van der Waals surface area contributed by atoms with E-state index in [0.717, 1.165) is 134 Å². The Morgan fingerprint density at radius 2 is 0.697 bits per heavy atom. The van der Waals surface area contributed by atoms with Gasteiger partial charge in [-0.1, -0.05) is 315 Å². The zero-order valence-corrected chi connectivity index (χ0v) is 65.4. The van der Waals surface area contributed by atoms with Crippen molar-refractivity contribution in [2.24, 2.45) is 0 Å². The van der Waals surface area contributed by atoms with Gasteiger partial charge < -0.3 is 0 Å². The number of pyridine rings is 2. The maximum atomic E-state index is 5.88. The van der Waals surface area contributed by atoms with Gasteiger partial charge in [-0.3, -0.25) is 9.97 Å². The van der Waals surface area contributed by atoms with E-state index in [4.69, 9.17) is 34.9 Å². The molecule has 0 unspecified atom stereocenters. The van der Waals surface area contributed by atoms with E-state index in [1.807, 2.05) is 19.3 Å². The van der Waals surface area contributed by atoms with Crippen LogP contribution in [0, 0.1) is 13.8 Å². The van der Waals surface area contributed by atoms with Crippen molar-refractivity contribution in [3.05, 3.63) is 462 Å². The molecule has 0 radical (unpaired) electrons. The maximum absolute atomic E-state index is 5.88. The van der Waals surface area contributed by atoms with Crippen molar-refractivity contribution >= 4 is 0 Å². The van der Waals surface area contributed by atoms with Gasteiger partial charge in [0.05, 0.1) is 27.9 Å². The summed E-state index contributed by atoms with van der Waals surface area (Å²) in [6, 6.07) is 138. The summed E-state index contributed by atoms with van der Waals surface area (Å²) in [4.78, 5) is 37.5. The Hall–Kier alpha value is -15.3. The number of benzene rings is 15. The van der Waals surface area contributed by atoms with Crippen molar-refractivity contribution in [1.29, 1.82) is 0 Å². The van der Waals surface area contributed by atoms with Crippen molar-refractivity contribution in [1.82, 2.24) is 34.9 Å². The summed E-state index contributed by atoms with van der Waals surface area (Å²) in [5.74, 6) is 2.48. The molecule has 19 aromatic rings. The fourth-order valence-electron chi connectivity index (χ4n) is 20.2. The normalized spacial score (nSPS) is 13.0. The van der Waals surface area contributed by atoms with Gasteiger partial charge in [0.2, 0.25) is 0 Å². The Labute approximate surface area is 691 Å². The number of fused-ring (bicyclic) bond motifs is 20. The summed E-state index contributed by atoms with van der Waals surface area (Å²) < 4.78 is 0. The zero-order valence-electron chi connectivity index (χ0n) is 65.4. The summed E-state index contributed by atoms with van der Waals surface area (Å²) in [5.41, 5.74) is 40.8. The largest absolute Gasteiger partial charge is 0.264 e. The van der Waals surface area contributed by atoms with Gasteiger partial charge in [0.1, 0.15) is 5.82 Å². The van der Waals surface area contributed by atoms with E-state index >= 15 is 0 Å². The average molecular weight is 1520 g/mol. The van der Waals surface area contributed by atoms with Crippen LogP contribution in [-0.4, -0.2) is 34.9 Å². The third-order valence-electron chi connectivity index (χ3n) is 25.1. The highest BCUT2D eigenvalue weighted by Gasteiger charge is 2.54. The Morgan fingerprint density at radius 3 is 1.36 bits per heavy atom. The van der Waals surface area contributed by atoms with Gasteiger partial charge in [-0.2, -0.15) is 0 Å². The van der Waals surface area contributed by atoms with Crippen LogP contribution in [0.1, 0.15) is 67.0 Å². The SMILES string of the molecule is Cc1ccnc(-c2cccc(-c3ccc4c(c3)C3(c5ccccc5-c5ccccc53)c3cccc(-c5cc(-c6ccccc6)nc(-c6cc(Cc7ccncc7-c7ccccc7-c7cc(-c8nc(C)nc(-c9ccccc9-c9ccccc9)n8)c8c(c7)C7(c9ccccc9-c9ccccc97)c7ccccc7-8)cc(-c7ccccc7)c6)n5)c3-4)c2)c1. The average Bonchev–Trinajstić information content (AvgIpc) is 1.51. The first-order chi connectivity index (χ1) is 58.8. The first kappa shape index (κ1) is 69.2. The second-order valence-electron chi connectivity index (χ2n) is 31.8. The van der Waals surface area contributed by atoms with Gasteiger partial charge in [0.25, 0.3) is 0 Å². The van der Waals surface area contributed by atoms with Crippen molar-refractivity contribution < 1.29 is 0 Å². The highest BCUT2D eigenvalue weighted by atomic mass is 15.0. The van der Waals surface area contributed by atoms with Crippen LogP contribution in [0.5, 0.6) is 0 Å². The Kier molecular flexibility index (Phi) is 16.1. The molecular weight excluding hydrogens is 1440 g/mol. The van der Waals surface area contributed by atoms with E-state index in [1.165, 1.54) is 77.9 Å². The summed E-state index contributed by atoms with van der Waals surface area (Å²) >= 11 is 0. The highest BCUT2D eigenvalue weighted by molar-refractivity contribution is 6.04. The number of rotatable bonds is 13. The molecular formula is C112H73N7. The minimum atomic E-state index is -0.680. The Morgan fingerprint density at radius 1 is 0.227 bits per heavy atom. The summed E-state index contributed by atoms with van der Waals surface area (Å²) in [5, 5.41) is 0. The van der Waals surface area contributed by atoms with E-state index in [9.17, 15) is 0 Å². The number of hydrogen-bond donors (Lipinski definition) is 0. The van der Waals surface area contributed by atoms with Gasteiger partial charge >= 0.3 is 0 Å².